The van der Waals surface area contributed by atoms with Crippen molar-refractivity contribution in [2.75, 3.05) is 0 Å². The van der Waals surface area contributed by atoms with Gasteiger partial charge in [0.15, 0.2) is 0 Å². The molecule has 0 saturated carbocycles. The van der Waals surface area contributed by atoms with Crippen LogP contribution in [0.1, 0.15) is 27.6 Å². The molecule has 1 atom stereocenters. The number of thiophene rings is 1. The monoisotopic (exact) mass is 388 g/mol. The van der Waals surface area contributed by atoms with Crippen LogP contribution >= 0.6 is 11.3 Å². The van der Waals surface area contributed by atoms with E-state index in [0.29, 0.717) is 18.0 Å². The lowest BCUT2D eigenvalue weighted by Gasteiger charge is -2.22. The molecule has 28 heavy (non-hydrogen) atoms. The van der Waals surface area contributed by atoms with E-state index in [1.54, 1.807) is 11.3 Å². The molecule has 7 nitrogen and oxygen atoms in total. The molecule has 3 N–H and O–H groups in total. The maximum atomic E-state index is 9.67. The number of hydrogen-bond acceptors (Lipinski definition) is 6. The summed E-state index contributed by atoms with van der Waals surface area (Å²) in [5, 5.41) is 18.9. The van der Waals surface area contributed by atoms with Gasteiger partial charge in [-0.15, -0.1) is 16.4 Å². The molecule has 1 aliphatic rings. The first-order valence-electron chi connectivity index (χ1n) is 8.75. The Morgan fingerprint density at radius 2 is 2.25 bits per heavy atom. The molecule has 5 rings (SSSR count). The van der Waals surface area contributed by atoms with Crippen LogP contribution in [0.25, 0.3) is 11.0 Å². The van der Waals surface area contributed by atoms with Crippen molar-refractivity contribution in [2.45, 2.75) is 19.4 Å². The molecule has 0 saturated heterocycles. The van der Waals surface area contributed by atoms with E-state index < -0.39 is 0 Å². The van der Waals surface area contributed by atoms with Crippen LogP contribution in [0, 0.1) is 18.3 Å². The lowest BCUT2D eigenvalue weighted by molar-refractivity contribution is 0.379. The summed E-state index contributed by atoms with van der Waals surface area (Å²) in [6.07, 6.45) is 1.85. The second-order valence-electron chi connectivity index (χ2n) is 6.71. The Morgan fingerprint density at radius 1 is 1.39 bits per heavy atom. The van der Waals surface area contributed by atoms with Gasteiger partial charge in [-0.1, -0.05) is 12.1 Å². The standard InChI is InChI=1S/C20H16N6OS/c1-11-17-18(13(7-21)19(22)27-20(17)25-24-11)16-6-12(9-28-16)8-26-10-23-14-4-2-3-5-15(14)26/h2-6,9-10,18H,8,22H2,1H3,(H,24,25). The number of hydrogen-bond donors (Lipinski definition) is 2. The largest absolute Gasteiger partial charge is 0.420 e. The van der Waals surface area contributed by atoms with Crippen LogP contribution in [0.15, 0.2) is 53.5 Å². The number of fused-ring (bicyclic) bond motifs is 2. The number of allylic oxidation sites excluding steroid dienone is 1. The molecule has 0 radical (unpaired) electrons. The number of aryl methyl sites for hydroxylation is 1. The fourth-order valence-corrected chi connectivity index (χ4v) is 4.67. The molecular formula is C20H16N6OS. The number of rotatable bonds is 3. The molecule has 138 valence electrons. The highest BCUT2D eigenvalue weighted by atomic mass is 32.1. The van der Waals surface area contributed by atoms with Crippen molar-refractivity contribution in [2.24, 2.45) is 5.73 Å². The lowest BCUT2D eigenvalue weighted by atomic mass is 9.89. The molecule has 8 heteroatoms. The summed E-state index contributed by atoms with van der Waals surface area (Å²) >= 11 is 1.61. The number of benzene rings is 1. The summed E-state index contributed by atoms with van der Waals surface area (Å²) in [6.45, 7) is 2.63. The van der Waals surface area contributed by atoms with Gasteiger partial charge in [-0.25, -0.2) is 4.98 Å². The van der Waals surface area contributed by atoms with Gasteiger partial charge in [-0.3, -0.25) is 5.10 Å². The average molecular weight is 388 g/mol. The van der Waals surface area contributed by atoms with Crippen molar-refractivity contribution in [3.63, 3.8) is 0 Å². The molecule has 1 aromatic carbocycles. The van der Waals surface area contributed by atoms with E-state index in [4.69, 9.17) is 10.5 Å². The first kappa shape index (κ1) is 16.6. The zero-order valence-corrected chi connectivity index (χ0v) is 15.8. The van der Waals surface area contributed by atoms with E-state index in [-0.39, 0.29) is 11.8 Å². The number of aromatic amines is 1. The summed E-state index contributed by atoms with van der Waals surface area (Å²) in [5.41, 5.74) is 11.4. The Bertz CT molecular complexity index is 1270. The molecule has 0 aliphatic carbocycles. The highest BCUT2D eigenvalue weighted by Gasteiger charge is 2.35. The Kier molecular flexibility index (Phi) is 3.70. The van der Waals surface area contributed by atoms with Crippen LogP contribution in [0.3, 0.4) is 0 Å². The highest BCUT2D eigenvalue weighted by molar-refractivity contribution is 7.10. The summed E-state index contributed by atoms with van der Waals surface area (Å²) in [4.78, 5) is 5.49. The smallest absolute Gasteiger partial charge is 0.244 e. The molecule has 0 bridgehead atoms. The Hall–Kier alpha value is -3.57. The second kappa shape index (κ2) is 6.25. The van der Waals surface area contributed by atoms with Gasteiger partial charge in [-0.05, 0) is 36.1 Å². The normalized spacial score (nSPS) is 16.1. The van der Waals surface area contributed by atoms with Crippen LogP contribution in [0.4, 0.5) is 0 Å². The predicted molar refractivity (Wildman–Crippen MR) is 106 cm³/mol. The van der Waals surface area contributed by atoms with Gasteiger partial charge in [-0.2, -0.15) is 5.26 Å². The third kappa shape index (κ3) is 2.48. The van der Waals surface area contributed by atoms with Crippen molar-refractivity contribution in [3.05, 3.63) is 75.2 Å². The molecule has 3 aromatic heterocycles. The molecule has 4 aromatic rings. The summed E-state index contributed by atoms with van der Waals surface area (Å²) in [7, 11) is 0. The van der Waals surface area contributed by atoms with Gasteiger partial charge in [0.25, 0.3) is 0 Å². The van der Waals surface area contributed by atoms with Gasteiger partial charge in [0.05, 0.1) is 28.8 Å². The van der Waals surface area contributed by atoms with Crippen LogP contribution in [0.2, 0.25) is 0 Å². The van der Waals surface area contributed by atoms with Crippen LogP contribution in [0.5, 0.6) is 5.88 Å². The minimum absolute atomic E-state index is 0.113. The van der Waals surface area contributed by atoms with E-state index in [1.807, 2.05) is 31.5 Å². The minimum Gasteiger partial charge on any atom is -0.420 e. The SMILES string of the molecule is Cc1[nH]nc2c1C(c1cc(Cn3cnc4ccccc43)cs1)C(C#N)=C(N)O2. The first-order valence-corrected chi connectivity index (χ1v) is 9.63. The van der Waals surface area contributed by atoms with E-state index in [1.165, 1.54) is 0 Å². The average Bonchev–Trinajstić information content (AvgIpc) is 3.41. The van der Waals surface area contributed by atoms with E-state index in [9.17, 15) is 5.26 Å². The number of nitrogens with one attached hydrogen (secondary N) is 1. The molecule has 1 aliphatic heterocycles. The number of H-pyrrole nitrogens is 1. The van der Waals surface area contributed by atoms with Gasteiger partial charge < -0.3 is 15.0 Å². The summed E-state index contributed by atoms with van der Waals surface area (Å²) in [6, 6.07) is 12.4. The Morgan fingerprint density at radius 3 is 3.11 bits per heavy atom. The third-order valence-electron chi connectivity index (χ3n) is 4.97. The lowest BCUT2D eigenvalue weighted by Crippen LogP contribution is -2.20. The minimum atomic E-state index is -0.272. The van der Waals surface area contributed by atoms with E-state index in [0.717, 1.165) is 32.7 Å². The summed E-state index contributed by atoms with van der Waals surface area (Å²) in [5.74, 6) is 0.280. The van der Waals surface area contributed by atoms with Crippen molar-refractivity contribution >= 4 is 22.4 Å². The number of nitrogens with zero attached hydrogens (tertiary/aromatic N) is 4. The fraction of sp³-hybridized carbons (Fsp3) is 0.150. The Balaban J connectivity index is 1.54. The van der Waals surface area contributed by atoms with Crippen LogP contribution in [-0.4, -0.2) is 19.7 Å². The number of nitriles is 1. The summed E-state index contributed by atoms with van der Waals surface area (Å²) < 4.78 is 7.65. The predicted octanol–water partition coefficient (Wildman–Crippen LogP) is 3.40. The number of para-hydroxylation sites is 2. The molecule has 0 amide bonds. The van der Waals surface area contributed by atoms with Crippen LogP contribution in [-0.2, 0) is 6.54 Å². The second-order valence-corrected chi connectivity index (χ2v) is 7.65. The van der Waals surface area contributed by atoms with Crippen molar-refractivity contribution in [1.82, 2.24) is 19.7 Å². The molecule has 0 fully saturated rings. The highest BCUT2D eigenvalue weighted by Crippen LogP contribution is 2.44. The number of ether oxygens (including phenoxy) is 1. The van der Waals surface area contributed by atoms with Crippen LogP contribution < -0.4 is 10.5 Å². The van der Waals surface area contributed by atoms with Gasteiger partial charge in [0.1, 0.15) is 11.6 Å². The van der Waals surface area contributed by atoms with Crippen molar-refractivity contribution < 1.29 is 4.74 Å². The molecule has 4 heterocycles. The van der Waals surface area contributed by atoms with E-state index in [2.05, 4.69) is 43.3 Å². The maximum absolute atomic E-state index is 9.67. The third-order valence-corrected chi connectivity index (χ3v) is 6.01. The topological polar surface area (TPSA) is 106 Å². The first-order chi connectivity index (χ1) is 13.7. The molecule has 1 unspecified atom stereocenters. The number of nitrogens with two attached hydrogens (primary N) is 1. The molecule has 0 spiro atoms. The zero-order chi connectivity index (χ0) is 19.3. The van der Waals surface area contributed by atoms with Gasteiger partial charge in [0.2, 0.25) is 11.8 Å². The van der Waals surface area contributed by atoms with Gasteiger partial charge in [0, 0.05) is 17.1 Å². The number of aromatic nitrogens is 4. The van der Waals surface area contributed by atoms with E-state index >= 15 is 0 Å². The quantitative estimate of drug-likeness (QED) is 0.560. The van der Waals surface area contributed by atoms with Crippen molar-refractivity contribution in [3.8, 4) is 11.9 Å². The molecular weight excluding hydrogens is 372 g/mol. The van der Waals surface area contributed by atoms with Crippen molar-refractivity contribution in [1.29, 1.82) is 5.26 Å². The fourth-order valence-electron chi connectivity index (χ4n) is 3.64. The Labute approximate surface area is 164 Å². The van der Waals surface area contributed by atoms with Gasteiger partial charge >= 0.3 is 0 Å². The number of imidazole rings is 1. The maximum Gasteiger partial charge on any atom is 0.244 e. The zero-order valence-electron chi connectivity index (χ0n) is 15.0.